The molecule has 3 N–H and O–H groups in total. The predicted octanol–water partition coefficient (Wildman–Crippen LogP) is 3.60. The van der Waals surface area contributed by atoms with Crippen LogP contribution in [-0.2, 0) is 0 Å². The Kier molecular flexibility index (Phi) is 3.64. The van der Waals surface area contributed by atoms with Gasteiger partial charge in [0.05, 0.1) is 6.04 Å². The van der Waals surface area contributed by atoms with Crippen LogP contribution in [0.15, 0.2) is 47.1 Å². The summed E-state index contributed by atoms with van der Waals surface area (Å²) in [5.74, 6) is 0.850. The first-order valence-corrected chi connectivity index (χ1v) is 6.18. The third-order valence-corrected chi connectivity index (χ3v) is 2.97. The number of nitrogen functional groups attached to an aromatic ring is 1. The summed E-state index contributed by atoms with van der Waals surface area (Å²) in [6.45, 7) is 2.08. The van der Waals surface area contributed by atoms with Crippen molar-refractivity contribution >= 4 is 27.4 Å². The van der Waals surface area contributed by atoms with Crippen molar-refractivity contribution in [3.63, 3.8) is 0 Å². The number of hydrogen-bond donors (Lipinski definition) is 2. The minimum absolute atomic E-state index is 0.173. The van der Waals surface area contributed by atoms with Crippen molar-refractivity contribution in [1.29, 1.82) is 0 Å². The fourth-order valence-electron chi connectivity index (χ4n) is 1.59. The number of nitrogens with two attached hydrogens (primary N) is 1. The van der Waals surface area contributed by atoms with E-state index in [4.69, 9.17) is 5.73 Å². The second-order valence-electron chi connectivity index (χ2n) is 3.90. The lowest BCUT2D eigenvalue weighted by molar-refractivity contribution is 0.875. The van der Waals surface area contributed by atoms with Crippen molar-refractivity contribution in [3.05, 3.63) is 52.6 Å². The Balaban J connectivity index is 2.11. The first-order chi connectivity index (χ1) is 8.15. The highest BCUT2D eigenvalue weighted by molar-refractivity contribution is 9.10. The number of hydrogen-bond acceptors (Lipinski definition) is 3. The van der Waals surface area contributed by atoms with Crippen LogP contribution in [0.5, 0.6) is 0 Å². The number of aromatic nitrogens is 1. The molecule has 1 heterocycles. The van der Waals surface area contributed by atoms with Gasteiger partial charge in [0.2, 0.25) is 0 Å². The van der Waals surface area contributed by atoms with Gasteiger partial charge in [0.25, 0.3) is 0 Å². The van der Waals surface area contributed by atoms with Crippen molar-refractivity contribution in [2.24, 2.45) is 0 Å². The first-order valence-electron chi connectivity index (χ1n) is 5.38. The summed E-state index contributed by atoms with van der Waals surface area (Å²) in [4.78, 5) is 4.28. The molecule has 17 heavy (non-hydrogen) atoms. The summed E-state index contributed by atoms with van der Waals surface area (Å²) in [5, 5.41) is 3.33. The summed E-state index contributed by atoms with van der Waals surface area (Å²) >= 11 is 3.36. The van der Waals surface area contributed by atoms with Crippen LogP contribution in [0.1, 0.15) is 18.5 Å². The van der Waals surface area contributed by atoms with E-state index in [-0.39, 0.29) is 6.04 Å². The molecule has 2 rings (SSSR count). The Morgan fingerprint density at radius 3 is 2.76 bits per heavy atom. The largest absolute Gasteiger partial charge is 0.399 e. The van der Waals surface area contributed by atoms with Crippen molar-refractivity contribution in [2.45, 2.75) is 13.0 Å². The molecule has 0 aliphatic heterocycles. The maximum absolute atomic E-state index is 5.76. The standard InChI is InChI=1S/C13H14BrN3/c1-9(10-3-2-4-12(15)7-10)17-13-6-5-11(14)8-16-13/h2-9H,15H2,1H3,(H,16,17). The van der Waals surface area contributed by atoms with E-state index in [1.165, 1.54) is 0 Å². The maximum Gasteiger partial charge on any atom is 0.126 e. The van der Waals surface area contributed by atoms with Gasteiger partial charge in [-0.05, 0) is 52.7 Å². The van der Waals surface area contributed by atoms with E-state index in [9.17, 15) is 0 Å². The van der Waals surface area contributed by atoms with Crippen molar-refractivity contribution in [1.82, 2.24) is 4.98 Å². The minimum Gasteiger partial charge on any atom is -0.399 e. The molecule has 0 fully saturated rings. The number of nitrogens with zero attached hydrogens (tertiary/aromatic N) is 1. The zero-order valence-electron chi connectivity index (χ0n) is 9.52. The number of benzene rings is 1. The lowest BCUT2D eigenvalue weighted by Gasteiger charge is -2.15. The molecule has 1 aromatic carbocycles. The fourth-order valence-corrected chi connectivity index (χ4v) is 1.83. The fraction of sp³-hybridized carbons (Fsp3) is 0.154. The molecule has 2 aromatic rings. The molecule has 1 aromatic heterocycles. The molecule has 3 nitrogen and oxygen atoms in total. The third kappa shape index (κ3) is 3.20. The molecule has 0 saturated heterocycles. The Bertz CT molecular complexity index is 496. The second kappa shape index (κ2) is 5.19. The lowest BCUT2D eigenvalue weighted by atomic mass is 10.1. The Morgan fingerprint density at radius 1 is 1.29 bits per heavy atom. The maximum atomic E-state index is 5.76. The van der Waals surface area contributed by atoms with Gasteiger partial charge in [0, 0.05) is 16.4 Å². The normalized spacial score (nSPS) is 12.1. The van der Waals surface area contributed by atoms with Gasteiger partial charge in [-0.1, -0.05) is 12.1 Å². The van der Waals surface area contributed by atoms with E-state index in [2.05, 4.69) is 33.2 Å². The van der Waals surface area contributed by atoms with E-state index in [1.807, 2.05) is 36.4 Å². The molecule has 0 amide bonds. The highest BCUT2D eigenvalue weighted by Gasteiger charge is 2.05. The Morgan fingerprint density at radius 2 is 2.12 bits per heavy atom. The van der Waals surface area contributed by atoms with E-state index >= 15 is 0 Å². The predicted molar refractivity (Wildman–Crippen MR) is 74.8 cm³/mol. The molecule has 1 atom stereocenters. The molecule has 0 bridgehead atoms. The molecule has 0 aliphatic rings. The molecule has 88 valence electrons. The van der Waals surface area contributed by atoms with Gasteiger partial charge in [-0.2, -0.15) is 0 Å². The first kappa shape index (κ1) is 11.9. The van der Waals surface area contributed by atoms with Gasteiger partial charge < -0.3 is 11.1 Å². The zero-order chi connectivity index (χ0) is 12.3. The number of pyridine rings is 1. The van der Waals surface area contributed by atoms with Crippen molar-refractivity contribution < 1.29 is 0 Å². The van der Waals surface area contributed by atoms with Crippen LogP contribution >= 0.6 is 15.9 Å². The van der Waals surface area contributed by atoms with Crippen LogP contribution in [0.4, 0.5) is 11.5 Å². The minimum atomic E-state index is 0.173. The van der Waals surface area contributed by atoms with Crippen LogP contribution in [-0.4, -0.2) is 4.98 Å². The van der Waals surface area contributed by atoms with Crippen molar-refractivity contribution in [3.8, 4) is 0 Å². The summed E-state index contributed by atoms with van der Waals surface area (Å²) in [6.07, 6.45) is 1.77. The smallest absolute Gasteiger partial charge is 0.126 e. The van der Waals surface area contributed by atoms with E-state index < -0.39 is 0 Å². The Labute approximate surface area is 109 Å². The molecule has 0 spiro atoms. The SMILES string of the molecule is CC(Nc1ccc(Br)cn1)c1cccc(N)c1. The van der Waals surface area contributed by atoms with Crippen molar-refractivity contribution in [2.75, 3.05) is 11.1 Å². The van der Waals surface area contributed by atoms with Gasteiger partial charge >= 0.3 is 0 Å². The highest BCUT2D eigenvalue weighted by atomic mass is 79.9. The summed E-state index contributed by atoms with van der Waals surface area (Å²) in [6, 6.07) is 11.9. The van der Waals surface area contributed by atoms with Crippen LogP contribution in [0.25, 0.3) is 0 Å². The molecule has 1 unspecified atom stereocenters. The quantitative estimate of drug-likeness (QED) is 0.850. The lowest BCUT2D eigenvalue weighted by Crippen LogP contribution is -2.08. The molecule has 4 heteroatoms. The number of halogens is 1. The summed E-state index contributed by atoms with van der Waals surface area (Å²) < 4.78 is 0.972. The van der Waals surface area contributed by atoms with E-state index in [1.54, 1.807) is 6.20 Å². The van der Waals surface area contributed by atoms with Crippen LogP contribution in [0, 0.1) is 0 Å². The third-order valence-electron chi connectivity index (χ3n) is 2.50. The van der Waals surface area contributed by atoms with Gasteiger partial charge in [-0.25, -0.2) is 4.98 Å². The summed E-state index contributed by atoms with van der Waals surface area (Å²) in [7, 11) is 0. The van der Waals surface area contributed by atoms with Gasteiger partial charge in [0.1, 0.15) is 5.82 Å². The van der Waals surface area contributed by atoms with E-state index in [0.717, 1.165) is 21.5 Å². The van der Waals surface area contributed by atoms with Crippen LogP contribution in [0.2, 0.25) is 0 Å². The van der Waals surface area contributed by atoms with Crippen LogP contribution < -0.4 is 11.1 Å². The molecule has 0 aliphatic carbocycles. The highest BCUT2D eigenvalue weighted by Crippen LogP contribution is 2.20. The average molecular weight is 292 g/mol. The molecular formula is C13H14BrN3. The molecule has 0 saturated carbocycles. The molecule has 0 radical (unpaired) electrons. The number of nitrogens with one attached hydrogen (secondary N) is 1. The zero-order valence-corrected chi connectivity index (χ0v) is 11.1. The second-order valence-corrected chi connectivity index (χ2v) is 4.81. The number of anilines is 2. The van der Waals surface area contributed by atoms with Gasteiger partial charge in [-0.15, -0.1) is 0 Å². The van der Waals surface area contributed by atoms with Crippen LogP contribution in [0.3, 0.4) is 0 Å². The number of rotatable bonds is 3. The van der Waals surface area contributed by atoms with E-state index in [0.29, 0.717) is 0 Å². The monoisotopic (exact) mass is 291 g/mol. The van der Waals surface area contributed by atoms with Gasteiger partial charge in [0.15, 0.2) is 0 Å². The Hall–Kier alpha value is -1.55. The summed E-state index contributed by atoms with van der Waals surface area (Å²) in [5.41, 5.74) is 7.69. The van der Waals surface area contributed by atoms with Gasteiger partial charge in [-0.3, -0.25) is 0 Å². The topological polar surface area (TPSA) is 50.9 Å². The average Bonchev–Trinajstić information content (AvgIpc) is 2.32. The molecular weight excluding hydrogens is 278 g/mol.